The summed E-state index contributed by atoms with van der Waals surface area (Å²) in [6, 6.07) is 14.2. The van der Waals surface area contributed by atoms with Crippen molar-refractivity contribution < 1.29 is 17.9 Å². The van der Waals surface area contributed by atoms with Crippen molar-refractivity contribution in [1.29, 1.82) is 5.26 Å². The maximum absolute atomic E-state index is 12.1. The van der Waals surface area contributed by atoms with E-state index in [0.717, 1.165) is 5.52 Å². The fourth-order valence-corrected chi connectivity index (χ4v) is 4.41. The lowest BCUT2D eigenvalue weighted by molar-refractivity contribution is -0.144. The highest BCUT2D eigenvalue weighted by Crippen LogP contribution is 2.22. The normalized spacial score (nSPS) is 15.6. The van der Waals surface area contributed by atoms with Crippen molar-refractivity contribution in [2.75, 3.05) is 6.54 Å². The van der Waals surface area contributed by atoms with E-state index in [1.54, 1.807) is 28.8 Å². The average molecular weight is 408 g/mol. The number of aliphatic imine (C=N–C) groups is 1. The molecule has 1 aliphatic rings. The number of rotatable bonds is 5. The number of nitrogens with zero attached hydrogens (tertiary/aromatic N) is 3. The number of nitrogens with one attached hydrogen (secondary N) is 1. The number of sulfonamides is 1. The molecule has 0 amide bonds. The minimum Gasteiger partial charge on any atom is -0.461 e. The Morgan fingerprint density at radius 1 is 1.21 bits per heavy atom. The van der Waals surface area contributed by atoms with Crippen molar-refractivity contribution in [3.8, 4) is 6.07 Å². The molecular formula is C20H16N4O4S. The van der Waals surface area contributed by atoms with E-state index in [0.29, 0.717) is 16.7 Å². The molecule has 3 heterocycles. The lowest BCUT2D eigenvalue weighted by Crippen LogP contribution is -2.22. The summed E-state index contributed by atoms with van der Waals surface area (Å²) in [4.78, 5) is 16.4. The van der Waals surface area contributed by atoms with Gasteiger partial charge in [-0.3, -0.25) is 14.5 Å². The number of hydrogen-bond acceptors (Lipinski definition) is 6. The van der Waals surface area contributed by atoms with Gasteiger partial charge < -0.3 is 9.14 Å². The molecule has 29 heavy (non-hydrogen) atoms. The van der Waals surface area contributed by atoms with Gasteiger partial charge in [-0.15, -0.1) is 0 Å². The third-order valence-corrected chi connectivity index (χ3v) is 5.91. The van der Waals surface area contributed by atoms with Crippen LogP contribution in [0.25, 0.3) is 5.52 Å². The molecule has 1 N–H and O–H groups in total. The van der Waals surface area contributed by atoms with E-state index in [1.165, 1.54) is 6.07 Å². The summed E-state index contributed by atoms with van der Waals surface area (Å²) >= 11 is 0. The number of pyridine rings is 1. The highest BCUT2D eigenvalue weighted by atomic mass is 32.2. The second-order valence-electron chi connectivity index (χ2n) is 6.38. The van der Waals surface area contributed by atoms with Crippen LogP contribution in [0.1, 0.15) is 23.1 Å². The van der Waals surface area contributed by atoms with E-state index in [4.69, 9.17) is 4.74 Å². The number of carbonyl (C=O) groups excluding carboxylic acids is 1. The molecule has 1 aromatic carbocycles. The first-order valence-corrected chi connectivity index (χ1v) is 10.3. The van der Waals surface area contributed by atoms with Crippen molar-refractivity contribution in [3.05, 3.63) is 71.5 Å². The summed E-state index contributed by atoms with van der Waals surface area (Å²) < 4.78 is 33.5. The van der Waals surface area contributed by atoms with Crippen LogP contribution < -0.4 is 4.72 Å². The fraction of sp³-hybridized carbons (Fsp3) is 0.150. The highest BCUT2D eigenvalue weighted by Gasteiger charge is 2.29. The van der Waals surface area contributed by atoms with Gasteiger partial charge in [0.1, 0.15) is 18.5 Å². The molecule has 1 aliphatic heterocycles. The third kappa shape index (κ3) is 3.58. The molecule has 0 aliphatic carbocycles. The zero-order valence-electron chi connectivity index (χ0n) is 15.2. The maximum atomic E-state index is 12.1. The predicted octanol–water partition coefficient (Wildman–Crippen LogP) is 1.98. The number of nitriles is 1. The maximum Gasteiger partial charge on any atom is 0.308 e. The average Bonchev–Trinajstić information content (AvgIpc) is 3.21. The van der Waals surface area contributed by atoms with E-state index in [2.05, 4.69) is 15.8 Å². The van der Waals surface area contributed by atoms with Gasteiger partial charge in [-0.25, -0.2) is 8.42 Å². The zero-order chi connectivity index (χ0) is 20.4. The summed E-state index contributed by atoms with van der Waals surface area (Å²) in [5, 5.41) is 9.38. The number of esters is 1. The second kappa shape index (κ2) is 7.41. The topological polar surface area (TPSA) is 113 Å². The standard InChI is InChI=1S/C20H16N4O4S/c21-11-16-14(12-24-10-4-3-6-17(16)24)13-28-19(25)8-9-22-20-15-5-1-2-7-18(15)29(26,27)23-20/h1-7,10,12H,8-9,13H2,(H,22,23). The Morgan fingerprint density at radius 2 is 2.00 bits per heavy atom. The molecule has 2 aromatic heterocycles. The first kappa shape index (κ1) is 18.7. The molecule has 0 spiro atoms. The van der Waals surface area contributed by atoms with Gasteiger partial charge >= 0.3 is 5.97 Å². The molecule has 8 nitrogen and oxygen atoms in total. The van der Waals surface area contributed by atoms with Crippen LogP contribution in [0.15, 0.2) is 64.7 Å². The van der Waals surface area contributed by atoms with Gasteiger partial charge in [-0.1, -0.05) is 18.2 Å². The van der Waals surface area contributed by atoms with Crippen LogP contribution in [0.4, 0.5) is 0 Å². The summed E-state index contributed by atoms with van der Waals surface area (Å²) in [6.07, 6.45) is 3.56. The van der Waals surface area contributed by atoms with E-state index in [1.807, 2.05) is 24.4 Å². The first-order valence-electron chi connectivity index (χ1n) is 8.80. The lowest BCUT2D eigenvalue weighted by atomic mass is 10.2. The molecule has 4 rings (SSSR count). The Morgan fingerprint density at radius 3 is 2.83 bits per heavy atom. The monoisotopic (exact) mass is 408 g/mol. The Balaban J connectivity index is 1.39. The van der Waals surface area contributed by atoms with Gasteiger partial charge in [0, 0.05) is 23.5 Å². The number of hydrogen-bond donors (Lipinski definition) is 1. The number of aromatic nitrogens is 1. The van der Waals surface area contributed by atoms with E-state index >= 15 is 0 Å². The minimum absolute atomic E-state index is 0.0113. The van der Waals surface area contributed by atoms with Crippen LogP contribution in [0, 0.1) is 11.3 Å². The number of amidine groups is 1. The number of fused-ring (bicyclic) bond motifs is 2. The number of benzene rings is 1. The van der Waals surface area contributed by atoms with Gasteiger partial charge in [-0.2, -0.15) is 5.26 Å². The number of carbonyl (C=O) groups is 1. The van der Waals surface area contributed by atoms with Crippen LogP contribution >= 0.6 is 0 Å². The summed E-state index contributed by atoms with van der Waals surface area (Å²) in [6.45, 7) is 0.0588. The van der Waals surface area contributed by atoms with Gasteiger partial charge in [0.25, 0.3) is 10.0 Å². The Labute approximate surface area is 167 Å². The molecule has 0 saturated carbocycles. The Hall–Kier alpha value is -3.64. The molecule has 0 unspecified atom stereocenters. The molecule has 9 heteroatoms. The molecule has 0 radical (unpaired) electrons. The smallest absolute Gasteiger partial charge is 0.308 e. The molecule has 146 valence electrons. The van der Waals surface area contributed by atoms with Crippen molar-refractivity contribution in [1.82, 2.24) is 9.12 Å². The highest BCUT2D eigenvalue weighted by molar-refractivity contribution is 7.90. The van der Waals surface area contributed by atoms with Gasteiger partial charge in [-0.05, 0) is 24.3 Å². The fourth-order valence-electron chi connectivity index (χ4n) is 3.16. The molecular weight excluding hydrogens is 392 g/mol. The van der Waals surface area contributed by atoms with Crippen LogP contribution in [0.5, 0.6) is 0 Å². The minimum atomic E-state index is -3.60. The van der Waals surface area contributed by atoms with Crippen molar-refractivity contribution in [2.24, 2.45) is 4.99 Å². The van der Waals surface area contributed by atoms with Crippen LogP contribution in [-0.2, 0) is 26.2 Å². The van der Waals surface area contributed by atoms with Crippen LogP contribution in [-0.4, -0.2) is 31.2 Å². The van der Waals surface area contributed by atoms with Crippen molar-refractivity contribution >= 4 is 27.3 Å². The Bertz CT molecular complexity index is 1290. The van der Waals surface area contributed by atoms with E-state index in [9.17, 15) is 18.5 Å². The first-order chi connectivity index (χ1) is 14.0. The van der Waals surface area contributed by atoms with Crippen LogP contribution in [0.3, 0.4) is 0 Å². The largest absolute Gasteiger partial charge is 0.461 e. The van der Waals surface area contributed by atoms with Crippen molar-refractivity contribution in [3.63, 3.8) is 0 Å². The Kier molecular flexibility index (Phi) is 4.78. The summed E-state index contributed by atoms with van der Waals surface area (Å²) in [7, 11) is -3.60. The van der Waals surface area contributed by atoms with Crippen LogP contribution in [0.2, 0.25) is 0 Å². The zero-order valence-corrected chi connectivity index (χ0v) is 16.0. The molecule has 0 saturated heterocycles. The number of ether oxygens (including phenoxy) is 1. The van der Waals surface area contributed by atoms with E-state index in [-0.39, 0.29) is 30.3 Å². The summed E-state index contributed by atoms with van der Waals surface area (Å²) in [5.41, 5.74) is 2.33. The predicted molar refractivity (Wildman–Crippen MR) is 105 cm³/mol. The molecule has 3 aromatic rings. The molecule has 0 atom stereocenters. The lowest BCUT2D eigenvalue weighted by Gasteiger charge is -2.03. The summed E-state index contributed by atoms with van der Waals surface area (Å²) in [5.74, 6) is -0.263. The second-order valence-corrected chi connectivity index (χ2v) is 8.03. The molecule has 0 bridgehead atoms. The van der Waals surface area contributed by atoms with Crippen molar-refractivity contribution in [2.45, 2.75) is 17.9 Å². The van der Waals surface area contributed by atoms with Gasteiger partial charge in [0.05, 0.1) is 28.9 Å². The van der Waals surface area contributed by atoms with E-state index < -0.39 is 16.0 Å². The SMILES string of the molecule is N#Cc1c(COC(=O)CCN=C2NS(=O)(=O)c3ccccc32)cn2ccccc12. The van der Waals surface area contributed by atoms with Gasteiger partial charge in [0.15, 0.2) is 0 Å². The quantitative estimate of drug-likeness (QED) is 0.649. The van der Waals surface area contributed by atoms with Gasteiger partial charge in [0.2, 0.25) is 0 Å². The third-order valence-electron chi connectivity index (χ3n) is 4.51. The molecule has 0 fully saturated rings.